The second kappa shape index (κ2) is 4.19. The van der Waals surface area contributed by atoms with Gasteiger partial charge in [0, 0.05) is 18.2 Å². The number of aromatic nitrogens is 3. The van der Waals surface area contributed by atoms with Crippen LogP contribution in [0.25, 0.3) is 5.65 Å². The van der Waals surface area contributed by atoms with Gasteiger partial charge >= 0.3 is 6.18 Å². The van der Waals surface area contributed by atoms with Crippen LogP contribution in [0.4, 0.5) is 13.2 Å². The summed E-state index contributed by atoms with van der Waals surface area (Å²) >= 11 is 0. The van der Waals surface area contributed by atoms with E-state index < -0.39 is 11.7 Å². The molecule has 0 aromatic carbocycles. The first-order chi connectivity index (χ1) is 9.95. The number of pyridine rings is 1. The maximum absolute atomic E-state index is 12.9. The lowest BCUT2D eigenvalue weighted by Crippen LogP contribution is -2.35. The first kappa shape index (κ1) is 13.1. The van der Waals surface area contributed by atoms with Gasteiger partial charge in [0.15, 0.2) is 5.65 Å². The van der Waals surface area contributed by atoms with E-state index in [2.05, 4.69) is 10.2 Å². The zero-order valence-electron chi connectivity index (χ0n) is 11.2. The Balaban J connectivity index is 1.82. The summed E-state index contributed by atoms with van der Waals surface area (Å²) < 4.78 is 40.1. The minimum atomic E-state index is -4.37. The number of hydrogen-bond donors (Lipinski definition) is 1. The molecule has 2 heterocycles. The molecule has 2 saturated carbocycles. The molecule has 2 aromatic heterocycles. The van der Waals surface area contributed by atoms with Gasteiger partial charge in [-0.3, -0.25) is 4.40 Å². The van der Waals surface area contributed by atoms with E-state index in [1.807, 2.05) is 0 Å². The van der Waals surface area contributed by atoms with Crippen molar-refractivity contribution in [2.45, 2.75) is 37.4 Å². The van der Waals surface area contributed by atoms with Crippen LogP contribution in [0.2, 0.25) is 0 Å². The van der Waals surface area contributed by atoms with Crippen LogP contribution < -0.4 is 5.73 Å². The van der Waals surface area contributed by atoms with Crippen LogP contribution in [0.1, 0.15) is 36.6 Å². The average Bonchev–Trinajstić information content (AvgIpc) is 3.10. The van der Waals surface area contributed by atoms with E-state index in [9.17, 15) is 13.2 Å². The Labute approximate surface area is 119 Å². The maximum atomic E-state index is 12.9. The fraction of sp³-hybridized carbons (Fsp3) is 0.571. The molecule has 4 rings (SSSR count). The number of nitrogens with two attached hydrogens (primary N) is 1. The summed E-state index contributed by atoms with van der Waals surface area (Å²) in [5.41, 5.74) is 6.02. The molecule has 112 valence electrons. The number of fused-ring (bicyclic) bond motifs is 3. The number of alkyl halides is 3. The summed E-state index contributed by atoms with van der Waals surface area (Å²) in [7, 11) is 0. The van der Waals surface area contributed by atoms with Crippen molar-refractivity contribution in [1.29, 1.82) is 0 Å². The predicted octanol–water partition coefficient (Wildman–Crippen LogP) is 2.59. The van der Waals surface area contributed by atoms with Crippen LogP contribution >= 0.6 is 0 Å². The van der Waals surface area contributed by atoms with E-state index in [4.69, 9.17) is 5.73 Å². The third kappa shape index (κ3) is 1.87. The lowest BCUT2D eigenvalue weighted by atomic mass is 9.84. The number of rotatable bonds is 1. The summed E-state index contributed by atoms with van der Waals surface area (Å²) in [5, 5.41) is 8.13. The van der Waals surface area contributed by atoms with E-state index in [1.54, 1.807) is 0 Å². The Morgan fingerprint density at radius 1 is 1.14 bits per heavy atom. The van der Waals surface area contributed by atoms with Gasteiger partial charge in [-0.05, 0) is 43.2 Å². The molecule has 7 heteroatoms. The smallest absolute Gasteiger partial charge is 0.327 e. The van der Waals surface area contributed by atoms with Crippen LogP contribution in [0.3, 0.4) is 0 Å². The van der Waals surface area contributed by atoms with Crippen molar-refractivity contribution >= 4 is 5.65 Å². The van der Waals surface area contributed by atoms with Gasteiger partial charge in [0.25, 0.3) is 0 Å². The molecule has 0 saturated heterocycles. The Hall–Kier alpha value is -1.63. The van der Waals surface area contributed by atoms with Crippen LogP contribution in [0, 0.1) is 11.8 Å². The molecule has 2 fully saturated rings. The number of halogens is 3. The zero-order valence-corrected chi connectivity index (χ0v) is 11.2. The Morgan fingerprint density at radius 3 is 2.57 bits per heavy atom. The van der Waals surface area contributed by atoms with E-state index in [1.165, 1.54) is 10.5 Å². The molecule has 0 amide bonds. The summed E-state index contributed by atoms with van der Waals surface area (Å²) in [6.07, 6.45) is -0.0284. The van der Waals surface area contributed by atoms with Crippen molar-refractivity contribution in [2.75, 3.05) is 0 Å². The third-order valence-corrected chi connectivity index (χ3v) is 5.03. The molecular weight excluding hydrogens is 281 g/mol. The lowest BCUT2D eigenvalue weighted by molar-refractivity contribution is -0.137. The SMILES string of the molecule is NC1C2CCC(C2)C1c1nnc2ccc(C(F)(F)F)cn12. The zero-order chi connectivity index (χ0) is 14.8. The molecule has 21 heavy (non-hydrogen) atoms. The predicted molar refractivity (Wildman–Crippen MR) is 69.5 cm³/mol. The van der Waals surface area contributed by atoms with E-state index in [-0.39, 0.29) is 12.0 Å². The highest BCUT2D eigenvalue weighted by molar-refractivity contribution is 5.41. The van der Waals surface area contributed by atoms with Gasteiger partial charge in [0.05, 0.1) is 5.56 Å². The van der Waals surface area contributed by atoms with Crippen molar-refractivity contribution in [3.8, 4) is 0 Å². The van der Waals surface area contributed by atoms with Crippen molar-refractivity contribution in [3.63, 3.8) is 0 Å². The van der Waals surface area contributed by atoms with Gasteiger partial charge in [-0.15, -0.1) is 10.2 Å². The highest BCUT2D eigenvalue weighted by Crippen LogP contribution is 2.51. The van der Waals surface area contributed by atoms with Crippen molar-refractivity contribution in [1.82, 2.24) is 14.6 Å². The molecule has 2 N–H and O–H groups in total. The van der Waals surface area contributed by atoms with Crippen molar-refractivity contribution in [3.05, 3.63) is 29.7 Å². The van der Waals surface area contributed by atoms with Crippen molar-refractivity contribution in [2.24, 2.45) is 17.6 Å². The summed E-state index contributed by atoms with van der Waals surface area (Å²) in [5.74, 6) is 1.49. The highest BCUT2D eigenvalue weighted by Gasteiger charge is 2.48. The molecule has 2 aliphatic rings. The molecule has 0 spiro atoms. The summed E-state index contributed by atoms with van der Waals surface area (Å²) in [6, 6.07) is 2.37. The largest absolute Gasteiger partial charge is 0.417 e. The summed E-state index contributed by atoms with van der Waals surface area (Å²) in [6.45, 7) is 0. The standard InChI is InChI=1S/C14H15F3N4/c15-14(16,17)9-3-4-10-19-20-13(21(10)6-9)11-7-1-2-8(5-7)12(11)18/h3-4,6-8,11-12H,1-2,5,18H2. The Morgan fingerprint density at radius 2 is 1.90 bits per heavy atom. The first-order valence-corrected chi connectivity index (χ1v) is 7.12. The van der Waals surface area contributed by atoms with Crippen LogP contribution in [0.15, 0.2) is 18.3 Å². The molecule has 2 aliphatic carbocycles. The van der Waals surface area contributed by atoms with Gasteiger partial charge in [0.2, 0.25) is 0 Å². The second-order valence-corrected chi connectivity index (χ2v) is 6.14. The van der Waals surface area contributed by atoms with Gasteiger partial charge < -0.3 is 5.73 Å². The highest BCUT2D eigenvalue weighted by atomic mass is 19.4. The Kier molecular flexibility index (Phi) is 2.61. The topological polar surface area (TPSA) is 56.2 Å². The molecule has 4 atom stereocenters. The van der Waals surface area contributed by atoms with Crippen molar-refractivity contribution < 1.29 is 13.2 Å². The second-order valence-electron chi connectivity index (χ2n) is 6.14. The molecule has 2 bridgehead atoms. The monoisotopic (exact) mass is 296 g/mol. The quantitative estimate of drug-likeness (QED) is 0.880. The third-order valence-electron chi connectivity index (χ3n) is 5.03. The van der Waals surface area contributed by atoms with Crippen LogP contribution in [-0.2, 0) is 6.18 Å². The molecule has 0 aliphatic heterocycles. The normalized spacial score (nSPS) is 32.2. The summed E-state index contributed by atoms with van der Waals surface area (Å²) in [4.78, 5) is 0. The fourth-order valence-electron chi connectivity index (χ4n) is 4.02. The van der Waals surface area contributed by atoms with Crippen LogP contribution in [0.5, 0.6) is 0 Å². The first-order valence-electron chi connectivity index (χ1n) is 7.12. The van der Waals surface area contributed by atoms with Gasteiger partial charge in [-0.1, -0.05) is 0 Å². The Bertz CT molecular complexity index is 691. The van der Waals surface area contributed by atoms with E-state index >= 15 is 0 Å². The molecule has 4 nitrogen and oxygen atoms in total. The minimum absolute atomic E-state index is 0.0160. The number of hydrogen-bond acceptors (Lipinski definition) is 3. The lowest BCUT2D eigenvalue weighted by Gasteiger charge is -2.26. The van der Waals surface area contributed by atoms with Crippen LogP contribution in [-0.4, -0.2) is 20.6 Å². The van der Waals surface area contributed by atoms with E-state index in [0.717, 1.165) is 31.5 Å². The van der Waals surface area contributed by atoms with Gasteiger partial charge in [-0.25, -0.2) is 0 Å². The molecular formula is C14H15F3N4. The van der Waals surface area contributed by atoms with E-state index in [0.29, 0.717) is 23.3 Å². The molecule has 0 radical (unpaired) electrons. The maximum Gasteiger partial charge on any atom is 0.417 e. The van der Waals surface area contributed by atoms with Gasteiger partial charge in [0.1, 0.15) is 5.82 Å². The fourth-order valence-corrected chi connectivity index (χ4v) is 4.02. The average molecular weight is 296 g/mol. The molecule has 4 unspecified atom stereocenters. The number of nitrogens with zero attached hydrogens (tertiary/aromatic N) is 3. The molecule has 2 aromatic rings. The van der Waals surface area contributed by atoms with Gasteiger partial charge in [-0.2, -0.15) is 13.2 Å². The minimum Gasteiger partial charge on any atom is -0.327 e.